The maximum atomic E-state index is 12.8. The molecule has 118 valence electrons. The van der Waals surface area contributed by atoms with Gasteiger partial charge in [-0.25, -0.2) is 4.39 Å². The van der Waals surface area contributed by atoms with Gasteiger partial charge in [0.2, 0.25) is 0 Å². The fourth-order valence-electron chi connectivity index (χ4n) is 2.13. The first-order valence-electron chi connectivity index (χ1n) is 7.93. The molecule has 0 unspecified atom stereocenters. The Balaban J connectivity index is 2.34. The second-order valence-corrected chi connectivity index (χ2v) is 5.31. The number of hydrogen-bond donors (Lipinski definition) is 1. The molecular formula is C17H27FN2O. The minimum Gasteiger partial charge on any atom is -0.351 e. The molecule has 0 aliphatic heterocycles. The number of carbonyl (C=O) groups is 1. The van der Waals surface area contributed by atoms with Crippen LogP contribution in [0.15, 0.2) is 24.3 Å². The number of unbranched alkanes of at least 4 members (excludes halogenated alkanes) is 2. The van der Waals surface area contributed by atoms with E-state index in [0.717, 1.165) is 19.6 Å². The third kappa shape index (κ3) is 7.23. The largest absolute Gasteiger partial charge is 0.351 e. The first-order chi connectivity index (χ1) is 10.2. The lowest BCUT2D eigenvalue weighted by Gasteiger charge is -2.22. The zero-order valence-electron chi connectivity index (χ0n) is 13.2. The van der Waals surface area contributed by atoms with Crippen LogP contribution in [-0.2, 0) is 0 Å². The summed E-state index contributed by atoms with van der Waals surface area (Å²) in [7, 11) is 0. The Bertz CT molecular complexity index is 398. The molecule has 0 aliphatic rings. The van der Waals surface area contributed by atoms with Crippen molar-refractivity contribution in [2.75, 3.05) is 26.2 Å². The first-order valence-corrected chi connectivity index (χ1v) is 7.93. The van der Waals surface area contributed by atoms with E-state index >= 15 is 0 Å². The monoisotopic (exact) mass is 294 g/mol. The van der Waals surface area contributed by atoms with Gasteiger partial charge in [0.1, 0.15) is 5.82 Å². The van der Waals surface area contributed by atoms with Gasteiger partial charge in [-0.1, -0.05) is 26.7 Å². The molecule has 1 aromatic carbocycles. The molecule has 0 saturated heterocycles. The Morgan fingerprint density at radius 3 is 2.14 bits per heavy atom. The number of halogens is 1. The number of nitrogens with zero attached hydrogens (tertiary/aromatic N) is 1. The fourth-order valence-corrected chi connectivity index (χ4v) is 2.13. The normalized spacial score (nSPS) is 10.9. The summed E-state index contributed by atoms with van der Waals surface area (Å²) in [6, 6.07) is 5.64. The molecule has 0 spiro atoms. The van der Waals surface area contributed by atoms with E-state index in [2.05, 4.69) is 24.1 Å². The number of carbonyl (C=O) groups excluding carboxylic acids is 1. The zero-order chi connectivity index (χ0) is 15.5. The summed E-state index contributed by atoms with van der Waals surface area (Å²) in [5.74, 6) is -0.460. The molecule has 1 aromatic rings. The molecule has 0 aromatic heterocycles. The molecule has 21 heavy (non-hydrogen) atoms. The summed E-state index contributed by atoms with van der Waals surface area (Å²) in [6.07, 6.45) is 4.75. The van der Waals surface area contributed by atoms with E-state index in [9.17, 15) is 9.18 Å². The first kappa shape index (κ1) is 17.6. The highest BCUT2D eigenvalue weighted by Gasteiger charge is 2.07. The Kier molecular flexibility index (Phi) is 8.67. The van der Waals surface area contributed by atoms with Crippen LogP contribution < -0.4 is 5.32 Å². The molecule has 0 bridgehead atoms. The third-order valence-corrected chi connectivity index (χ3v) is 3.48. The fraction of sp³-hybridized carbons (Fsp3) is 0.588. The highest BCUT2D eigenvalue weighted by molar-refractivity contribution is 5.94. The van der Waals surface area contributed by atoms with Crippen LogP contribution in [0, 0.1) is 5.82 Å². The third-order valence-electron chi connectivity index (χ3n) is 3.48. The molecule has 0 fully saturated rings. The lowest BCUT2D eigenvalue weighted by Crippen LogP contribution is -2.36. The Morgan fingerprint density at radius 1 is 1.05 bits per heavy atom. The van der Waals surface area contributed by atoms with Crippen LogP contribution in [0.2, 0.25) is 0 Å². The lowest BCUT2D eigenvalue weighted by atomic mass is 10.2. The minimum absolute atomic E-state index is 0.138. The maximum absolute atomic E-state index is 12.8. The number of rotatable bonds is 10. The second kappa shape index (κ2) is 10.3. The summed E-state index contributed by atoms with van der Waals surface area (Å²) < 4.78 is 12.8. The van der Waals surface area contributed by atoms with Crippen LogP contribution in [0.25, 0.3) is 0 Å². The van der Waals surface area contributed by atoms with E-state index in [1.807, 2.05) is 0 Å². The summed E-state index contributed by atoms with van der Waals surface area (Å²) >= 11 is 0. The van der Waals surface area contributed by atoms with E-state index in [4.69, 9.17) is 0 Å². The van der Waals surface area contributed by atoms with Gasteiger partial charge in [0.15, 0.2) is 0 Å². The number of hydrogen-bond acceptors (Lipinski definition) is 2. The van der Waals surface area contributed by atoms with E-state index in [0.29, 0.717) is 12.1 Å². The van der Waals surface area contributed by atoms with Gasteiger partial charge in [-0.2, -0.15) is 0 Å². The van der Waals surface area contributed by atoms with Gasteiger partial charge >= 0.3 is 0 Å². The molecule has 1 rings (SSSR count). The van der Waals surface area contributed by atoms with E-state index < -0.39 is 0 Å². The van der Waals surface area contributed by atoms with Crippen LogP contribution >= 0.6 is 0 Å². The van der Waals surface area contributed by atoms with Crippen molar-refractivity contribution in [1.82, 2.24) is 10.2 Å². The number of amides is 1. The molecule has 0 heterocycles. The topological polar surface area (TPSA) is 32.3 Å². The Hall–Kier alpha value is -1.42. The standard InChI is InChI=1S/C17H27FN2O/c1-3-5-12-20(13-6-4-2)14-11-19-17(21)15-7-9-16(18)10-8-15/h7-10H,3-6,11-14H2,1-2H3,(H,19,21). The van der Waals surface area contributed by atoms with Crippen LogP contribution in [0.4, 0.5) is 4.39 Å². The summed E-state index contributed by atoms with van der Waals surface area (Å²) in [5.41, 5.74) is 0.505. The second-order valence-electron chi connectivity index (χ2n) is 5.31. The summed E-state index contributed by atoms with van der Waals surface area (Å²) in [4.78, 5) is 14.3. The van der Waals surface area contributed by atoms with Gasteiger partial charge < -0.3 is 10.2 Å². The van der Waals surface area contributed by atoms with Crippen molar-refractivity contribution in [3.05, 3.63) is 35.6 Å². The predicted octanol–water partition coefficient (Wildman–Crippen LogP) is 3.46. The van der Waals surface area contributed by atoms with Crippen molar-refractivity contribution >= 4 is 5.91 Å². The van der Waals surface area contributed by atoms with Crippen LogP contribution in [0.5, 0.6) is 0 Å². The van der Waals surface area contributed by atoms with Gasteiger partial charge in [-0.05, 0) is 50.2 Å². The van der Waals surface area contributed by atoms with Crippen LogP contribution in [0.3, 0.4) is 0 Å². The number of benzene rings is 1. The summed E-state index contributed by atoms with van der Waals surface area (Å²) in [5, 5.41) is 2.90. The van der Waals surface area contributed by atoms with Gasteiger partial charge in [0.05, 0.1) is 0 Å². The minimum atomic E-state index is -0.322. The van der Waals surface area contributed by atoms with E-state index in [1.54, 1.807) is 0 Å². The SMILES string of the molecule is CCCCN(CCCC)CCNC(=O)c1ccc(F)cc1. The maximum Gasteiger partial charge on any atom is 0.251 e. The van der Waals surface area contributed by atoms with Crippen molar-refractivity contribution in [2.45, 2.75) is 39.5 Å². The Labute approximate surface area is 127 Å². The molecule has 4 heteroatoms. The zero-order valence-corrected chi connectivity index (χ0v) is 13.2. The molecule has 0 radical (unpaired) electrons. The average molecular weight is 294 g/mol. The quantitative estimate of drug-likeness (QED) is 0.717. The van der Waals surface area contributed by atoms with Crippen LogP contribution in [0.1, 0.15) is 49.9 Å². The van der Waals surface area contributed by atoms with Gasteiger partial charge in [-0.3, -0.25) is 4.79 Å². The van der Waals surface area contributed by atoms with E-state index in [-0.39, 0.29) is 11.7 Å². The van der Waals surface area contributed by atoms with Crippen molar-refractivity contribution < 1.29 is 9.18 Å². The molecule has 0 saturated carbocycles. The molecule has 1 N–H and O–H groups in total. The average Bonchev–Trinajstić information content (AvgIpc) is 2.50. The molecule has 3 nitrogen and oxygen atoms in total. The highest BCUT2D eigenvalue weighted by atomic mass is 19.1. The predicted molar refractivity (Wildman–Crippen MR) is 85.0 cm³/mol. The molecule has 0 aliphatic carbocycles. The molecule has 0 atom stereocenters. The molecule has 1 amide bonds. The Morgan fingerprint density at radius 2 is 1.62 bits per heavy atom. The van der Waals surface area contributed by atoms with E-state index in [1.165, 1.54) is 49.9 Å². The van der Waals surface area contributed by atoms with Crippen molar-refractivity contribution in [3.63, 3.8) is 0 Å². The lowest BCUT2D eigenvalue weighted by molar-refractivity contribution is 0.0948. The van der Waals surface area contributed by atoms with Gasteiger partial charge in [0, 0.05) is 18.7 Å². The van der Waals surface area contributed by atoms with Gasteiger partial charge in [-0.15, -0.1) is 0 Å². The van der Waals surface area contributed by atoms with Gasteiger partial charge in [0.25, 0.3) is 5.91 Å². The summed E-state index contributed by atoms with van der Waals surface area (Å²) in [6.45, 7) is 8.05. The van der Waals surface area contributed by atoms with Crippen molar-refractivity contribution in [2.24, 2.45) is 0 Å². The molecular weight excluding hydrogens is 267 g/mol. The highest BCUT2D eigenvalue weighted by Crippen LogP contribution is 2.02. The number of nitrogens with one attached hydrogen (secondary N) is 1. The van der Waals surface area contributed by atoms with Crippen molar-refractivity contribution in [3.8, 4) is 0 Å². The smallest absolute Gasteiger partial charge is 0.251 e. The van der Waals surface area contributed by atoms with Crippen LogP contribution in [-0.4, -0.2) is 37.0 Å². The van der Waals surface area contributed by atoms with Crippen molar-refractivity contribution in [1.29, 1.82) is 0 Å².